The fourth-order valence-corrected chi connectivity index (χ4v) is 0.234. The minimum atomic E-state index is -0.586. The van der Waals surface area contributed by atoms with Crippen molar-refractivity contribution >= 4 is 5.90 Å². The number of hydrogen-bond acceptors (Lipinski definition) is 2. The van der Waals surface area contributed by atoms with Crippen LogP contribution < -0.4 is 0 Å². The highest BCUT2D eigenvalue weighted by Crippen LogP contribution is 1.92. The van der Waals surface area contributed by atoms with Crippen LogP contribution in [-0.4, -0.2) is 13.0 Å². The number of allylic oxidation sites excluding steroid dienone is 2. The SMILES string of the molecule is C=C(F)/C=C\C(=N)OC. The summed E-state index contributed by atoms with van der Waals surface area (Å²) in [5.41, 5.74) is 0. The second-order valence-electron chi connectivity index (χ2n) is 1.35. The molecule has 1 N–H and O–H groups in total. The molecule has 0 aliphatic heterocycles. The Labute approximate surface area is 53.1 Å². The van der Waals surface area contributed by atoms with E-state index in [1.807, 2.05) is 0 Å². The summed E-state index contributed by atoms with van der Waals surface area (Å²) in [6.07, 6.45) is 2.24. The van der Waals surface area contributed by atoms with Crippen LogP contribution in [0.4, 0.5) is 4.39 Å². The van der Waals surface area contributed by atoms with Gasteiger partial charge in [0.1, 0.15) is 5.83 Å². The van der Waals surface area contributed by atoms with Gasteiger partial charge < -0.3 is 4.74 Å². The average molecular weight is 129 g/mol. The van der Waals surface area contributed by atoms with E-state index in [4.69, 9.17) is 5.41 Å². The van der Waals surface area contributed by atoms with E-state index in [2.05, 4.69) is 11.3 Å². The molecular formula is C6H8FNO. The highest BCUT2D eigenvalue weighted by molar-refractivity contribution is 5.84. The first kappa shape index (κ1) is 7.88. The molecule has 0 radical (unpaired) electrons. The summed E-state index contributed by atoms with van der Waals surface area (Å²) in [4.78, 5) is 0. The van der Waals surface area contributed by atoms with Crippen LogP contribution in [0, 0.1) is 5.41 Å². The number of methoxy groups -OCH3 is 1. The van der Waals surface area contributed by atoms with Gasteiger partial charge in [0, 0.05) is 6.08 Å². The summed E-state index contributed by atoms with van der Waals surface area (Å²) >= 11 is 0. The Morgan fingerprint density at radius 2 is 2.22 bits per heavy atom. The van der Waals surface area contributed by atoms with E-state index >= 15 is 0 Å². The molecule has 0 unspecified atom stereocenters. The summed E-state index contributed by atoms with van der Waals surface area (Å²) in [6.45, 7) is 2.96. The molecule has 0 atom stereocenters. The van der Waals surface area contributed by atoms with Gasteiger partial charge >= 0.3 is 0 Å². The molecular weight excluding hydrogens is 121 g/mol. The maximum absolute atomic E-state index is 11.8. The van der Waals surface area contributed by atoms with Gasteiger partial charge in [0.2, 0.25) is 5.90 Å². The summed E-state index contributed by atoms with van der Waals surface area (Å²) in [7, 11) is 1.34. The number of halogens is 1. The lowest BCUT2D eigenvalue weighted by Crippen LogP contribution is -1.91. The van der Waals surface area contributed by atoms with Crippen LogP contribution in [-0.2, 0) is 4.74 Å². The fourth-order valence-electron chi connectivity index (χ4n) is 0.234. The van der Waals surface area contributed by atoms with Crippen LogP contribution >= 0.6 is 0 Å². The standard InChI is InChI=1S/C6H8FNO/c1-5(7)3-4-6(8)9-2/h3-4,8H,1H2,2H3/b4-3-,8-6?. The third-order valence-corrected chi connectivity index (χ3v) is 0.635. The quantitative estimate of drug-likeness (QED) is 0.343. The smallest absolute Gasteiger partial charge is 0.205 e. The van der Waals surface area contributed by atoms with Crippen LogP contribution in [0.15, 0.2) is 24.6 Å². The van der Waals surface area contributed by atoms with Gasteiger partial charge in [-0.3, -0.25) is 5.41 Å². The van der Waals surface area contributed by atoms with Gasteiger partial charge in [-0.1, -0.05) is 6.58 Å². The molecule has 0 aromatic carbocycles. The maximum Gasteiger partial charge on any atom is 0.205 e. The monoisotopic (exact) mass is 129 g/mol. The van der Waals surface area contributed by atoms with Crippen molar-refractivity contribution in [3.05, 3.63) is 24.6 Å². The Bertz CT molecular complexity index is 151. The summed E-state index contributed by atoms with van der Waals surface area (Å²) in [5, 5.41) is 6.81. The highest BCUT2D eigenvalue weighted by atomic mass is 19.1. The van der Waals surface area contributed by atoms with Gasteiger partial charge in [0.05, 0.1) is 7.11 Å². The molecule has 0 aromatic heterocycles. The van der Waals surface area contributed by atoms with E-state index < -0.39 is 5.83 Å². The summed E-state index contributed by atoms with van der Waals surface area (Å²) in [6, 6.07) is 0. The molecule has 0 heterocycles. The van der Waals surface area contributed by atoms with Crippen molar-refractivity contribution < 1.29 is 9.13 Å². The maximum atomic E-state index is 11.8. The second-order valence-corrected chi connectivity index (χ2v) is 1.35. The molecule has 0 saturated heterocycles. The molecule has 0 rings (SSSR count). The van der Waals surface area contributed by atoms with Crippen molar-refractivity contribution in [2.45, 2.75) is 0 Å². The van der Waals surface area contributed by atoms with Crippen molar-refractivity contribution in [2.24, 2.45) is 0 Å². The zero-order valence-electron chi connectivity index (χ0n) is 5.15. The average Bonchev–Trinajstić information content (AvgIpc) is 1.83. The molecule has 0 amide bonds. The van der Waals surface area contributed by atoms with E-state index in [0.717, 1.165) is 6.08 Å². The van der Waals surface area contributed by atoms with E-state index in [9.17, 15) is 4.39 Å². The second kappa shape index (κ2) is 3.83. The van der Waals surface area contributed by atoms with Gasteiger partial charge in [-0.25, -0.2) is 4.39 Å². The molecule has 50 valence electrons. The fraction of sp³-hybridized carbons (Fsp3) is 0.167. The van der Waals surface area contributed by atoms with E-state index in [1.165, 1.54) is 13.2 Å². The molecule has 3 heteroatoms. The number of ether oxygens (including phenoxy) is 1. The third kappa shape index (κ3) is 4.74. The number of hydrogen-bond donors (Lipinski definition) is 1. The molecule has 9 heavy (non-hydrogen) atoms. The topological polar surface area (TPSA) is 33.1 Å². The van der Waals surface area contributed by atoms with Crippen LogP contribution in [0.25, 0.3) is 0 Å². The van der Waals surface area contributed by atoms with Gasteiger partial charge in [-0.05, 0) is 6.08 Å². The normalized spacial score (nSPS) is 9.56. The van der Waals surface area contributed by atoms with Gasteiger partial charge in [0.25, 0.3) is 0 Å². The first-order valence-electron chi connectivity index (χ1n) is 2.32. The number of nitrogens with one attached hydrogen (secondary N) is 1. The van der Waals surface area contributed by atoms with Crippen molar-refractivity contribution in [2.75, 3.05) is 7.11 Å². The minimum absolute atomic E-state index is 0.0891. The van der Waals surface area contributed by atoms with Gasteiger partial charge in [0.15, 0.2) is 0 Å². The molecule has 0 fully saturated rings. The zero-order chi connectivity index (χ0) is 7.28. The van der Waals surface area contributed by atoms with Crippen molar-refractivity contribution in [3.8, 4) is 0 Å². The van der Waals surface area contributed by atoms with Gasteiger partial charge in [-0.2, -0.15) is 0 Å². The van der Waals surface area contributed by atoms with Crippen molar-refractivity contribution in [1.82, 2.24) is 0 Å². The highest BCUT2D eigenvalue weighted by Gasteiger charge is 1.84. The van der Waals surface area contributed by atoms with Gasteiger partial charge in [-0.15, -0.1) is 0 Å². The lowest BCUT2D eigenvalue weighted by molar-refractivity contribution is 0.403. The van der Waals surface area contributed by atoms with Crippen LogP contribution in [0.5, 0.6) is 0 Å². The van der Waals surface area contributed by atoms with E-state index in [-0.39, 0.29) is 5.90 Å². The molecule has 0 bridgehead atoms. The van der Waals surface area contributed by atoms with Crippen molar-refractivity contribution in [1.29, 1.82) is 5.41 Å². The molecule has 0 aliphatic rings. The molecule has 0 aromatic rings. The molecule has 2 nitrogen and oxygen atoms in total. The van der Waals surface area contributed by atoms with Crippen LogP contribution in [0.2, 0.25) is 0 Å². The minimum Gasteiger partial charge on any atom is -0.481 e. The van der Waals surface area contributed by atoms with Crippen LogP contribution in [0.3, 0.4) is 0 Å². The first-order chi connectivity index (χ1) is 4.16. The lowest BCUT2D eigenvalue weighted by Gasteiger charge is -1.90. The largest absolute Gasteiger partial charge is 0.481 e. The molecule has 0 saturated carbocycles. The Balaban J connectivity index is 3.71. The van der Waals surface area contributed by atoms with E-state index in [1.54, 1.807) is 0 Å². The molecule has 0 aliphatic carbocycles. The van der Waals surface area contributed by atoms with Crippen molar-refractivity contribution in [3.63, 3.8) is 0 Å². The first-order valence-corrected chi connectivity index (χ1v) is 2.32. The number of rotatable bonds is 2. The summed E-state index contributed by atoms with van der Waals surface area (Å²) in [5.74, 6) is -0.675. The van der Waals surface area contributed by atoms with E-state index in [0.29, 0.717) is 0 Å². The Morgan fingerprint density at radius 3 is 2.56 bits per heavy atom. The zero-order valence-corrected chi connectivity index (χ0v) is 5.15. The Hall–Kier alpha value is -1.12. The van der Waals surface area contributed by atoms with Crippen LogP contribution in [0.1, 0.15) is 0 Å². The lowest BCUT2D eigenvalue weighted by atomic mass is 10.4. The predicted octanol–water partition coefficient (Wildman–Crippen LogP) is 1.65. The third-order valence-electron chi connectivity index (χ3n) is 0.635. The molecule has 0 spiro atoms. The predicted molar refractivity (Wildman–Crippen MR) is 34.1 cm³/mol. The Kier molecular flexibility index (Phi) is 3.35. The Morgan fingerprint density at radius 1 is 1.67 bits per heavy atom. The summed E-state index contributed by atoms with van der Waals surface area (Å²) < 4.78 is 16.2.